The van der Waals surface area contributed by atoms with Gasteiger partial charge in [0.2, 0.25) is 0 Å². The summed E-state index contributed by atoms with van der Waals surface area (Å²) in [6.45, 7) is 28.5. The predicted octanol–water partition coefficient (Wildman–Crippen LogP) is 0.125. The SMILES string of the molecule is O.[C-]#N.[C-]#N.[C-]#N.[C-]#N.[C-]#N.[C-]#N.[Fe+2].[Fe+3].[NH4+]. The molecule has 0 aromatic rings. The molecule has 0 atom stereocenters. The quantitative estimate of drug-likeness (QED) is 0.484. The largest absolute Gasteiger partial charge is 3.00 e. The van der Waals surface area contributed by atoms with Crippen LogP contribution in [0.1, 0.15) is 0 Å². The minimum atomic E-state index is 0. The van der Waals surface area contributed by atoms with Crippen molar-refractivity contribution in [1.82, 2.24) is 6.15 Å². The average molecular weight is 304 g/mol. The number of hydrogen-bond acceptors (Lipinski definition) is 6. The van der Waals surface area contributed by atoms with Gasteiger partial charge < -0.3 is 82.6 Å². The third-order valence-electron chi connectivity index (χ3n) is 0. The second-order valence-corrected chi connectivity index (χ2v) is 0. The molecular formula is C6H6Fe2N7O. The monoisotopic (exact) mass is 304 g/mol. The van der Waals surface area contributed by atoms with Gasteiger partial charge in [0.15, 0.2) is 0 Å². The fourth-order valence-electron chi connectivity index (χ4n) is 0. The average Bonchev–Trinajstić information content (AvgIpc) is 2.33. The van der Waals surface area contributed by atoms with E-state index in [9.17, 15) is 0 Å². The maximum Gasteiger partial charge on any atom is 3.00 e. The molecule has 0 rings (SSSR count). The molecule has 8 nitrogen and oxygen atoms in total. The summed E-state index contributed by atoms with van der Waals surface area (Å²) in [5.41, 5.74) is 0. The van der Waals surface area contributed by atoms with Crippen LogP contribution in [0.15, 0.2) is 0 Å². The van der Waals surface area contributed by atoms with E-state index in [2.05, 4.69) is 0 Å². The molecule has 0 aliphatic rings. The van der Waals surface area contributed by atoms with Crippen LogP contribution >= 0.6 is 0 Å². The van der Waals surface area contributed by atoms with Gasteiger partial charge in [0.1, 0.15) is 0 Å². The van der Waals surface area contributed by atoms with Gasteiger partial charge in [-0.3, -0.25) is 0 Å². The molecule has 16 heavy (non-hydrogen) atoms. The summed E-state index contributed by atoms with van der Waals surface area (Å²) in [4.78, 5) is 0. The van der Waals surface area contributed by atoms with Crippen molar-refractivity contribution in [2.75, 3.05) is 0 Å². The Bertz CT molecular complexity index is 102. The molecule has 0 saturated heterocycles. The number of rotatable bonds is 0. The van der Waals surface area contributed by atoms with Gasteiger partial charge >= 0.3 is 34.1 Å². The van der Waals surface area contributed by atoms with E-state index in [1.54, 1.807) is 0 Å². The Kier molecular flexibility index (Phi) is 3930. The van der Waals surface area contributed by atoms with E-state index in [0.717, 1.165) is 0 Å². The van der Waals surface area contributed by atoms with Gasteiger partial charge in [-0.2, -0.15) is 0 Å². The van der Waals surface area contributed by atoms with Gasteiger partial charge in [-0.05, 0) is 0 Å². The zero-order valence-corrected chi connectivity index (χ0v) is 10.1. The van der Waals surface area contributed by atoms with E-state index in [1.807, 2.05) is 0 Å². The molecule has 0 amide bonds. The van der Waals surface area contributed by atoms with Crippen LogP contribution in [0, 0.1) is 71.0 Å². The standard InChI is InChI=1S/6CN.2Fe.H3N.H2O/c6*1-2;;;;/h;;;;;;;;1H3;1H2/q6*-1;+2;+3;;/p+1. The molecule has 0 aromatic carbocycles. The maximum atomic E-state index is 6.25. The van der Waals surface area contributed by atoms with Crippen molar-refractivity contribution < 1.29 is 39.6 Å². The Morgan fingerprint density at radius 2 is 0.438 bits per heavy atom. The summed E-state index contributed by atoms with van der Waals surface area (Å²) in [6, 6.07) is 0. The van der Waals surface area contributed by atoms with Gasteiger partial charge in [0.05, 0.1) is 0 Å². The third kappa shape index (κ3) is 320. The van der Waals surface area contributed by atoms with E-state index in [1.165, 1.54) is 0 Å². The molecule has 0 saturated carbocycles. The van der Waals surface area contributed by atoms with Crippen LogP contribution in [0.4, 0.5) is 0 Å². The van der Waals surface area contributed by atoms with Crippen LogP contribution in [0.2, 0.25) is 0 Å². The molecule has 0 heterocycles. The molecule has 6 N–H and O–H groups in total. The zero-order chi connectivity index (χ0) is 12.0. The Morgan fingerprint density at radius 3 is 0.438 bits per heavy atom. The van der Waals surface area contributed by atoms with Crippen LogP contribution in [-0.2, 0) is 34.1 Å². The summed E-state index contributed by atoms with van der Waals surface area (Å²) >= 11 is 0. The van der Waals surface area contributed by atoms with E-state index in [0.29, 0.717) is 0 Å². The van der Waals surface area contributed by atoms with Crippen LogP contribution in [0.25, 0.3) is 0 Å². The van der Waals surface area contributed by atoms with Gasteiger partial charge in [-0.1, -0.05) is 0 Å². The first kappa shape index (κ1) is 152. The zero-order valence-electron chi connectivity index (χ0n) is 7.89. The van der Waals surface area contributed by atoms with Crippen LogP contribution < -0.4 is 6.15 Å². The fraction of sp³-hybridized carbons (Fsp3) is 0. The summed E-state index contributed by atoms with van der Waals surface area (Å²) < 4.78 is 0. The van der Waals surface area contributed by atoms with Crippen molar-refractivity contribution in [2.24, 2.45) is 0 Å². The Balaban J connectivity index is -0.00000000321. The van der Waals surface area contributed by atoms with Gasteiger partial charge in [-0.25, -0.2) is 0 Å². The van der Waals surface area contributed by atoms with Crippen LogP contribution in [-0.4, -0.2) is 5.48 Å². The van der Waals surface area contributed by atoms with Crippen molar-refractivity contribution in [1.29, 1.82) is 31.6 Å². The Labute approximate surface area is 117 Å². The summed E-state index contributed by atoms with van der Waals surface area (Å²) in [5.74, 6) is 0. The van der Waals surface area contributed by atoms with Gasteiger partial charge in [0, 0.05) is 0 Å². The topological polar surface area (TPSA) is 211 Å². The molecule has 0 unspecified atom stereocenters. The molecule has 0 aromatic heterocycles. The summed E-state index contributed by atoms with van der Waals surface area (Å²) in [7, 11) is 0. The molecule has 0 aliphatic heterocycles. The summed E-state index contributed by atoms with van der Waals surface area (Å²) in [5, 5.41) is 37.5. The van der Waals surface area contributed by atoms with Crippen LogP contribution in [0.5, 0.6) is 0 Å². The van der Waals surface area contributed by atoms with Gasteiger partial charge in [-0.15, -0.1) is 0 Å². The van der Waals surface area contributed by atoms with E-state index in [-0.39, 0.29) is 45.8 Å². The van der Waals surface area contributed by atoms with E-state index >= 15 is 0 Å². The van der Waals surface area contributed by atoms with Crippen molar-refractivity contribution in [2.45, 2.75) is 0 Å². The third-order valence-corrected chi connectivity index (χ3v) is 0. The molecule has 1 radical (unpaired) electrons. The number of hydrogen-bond donors (Lipinski definition) is 1. The smallest absolute Gasteiger partial charge is 0.512 e. The number of nitrogens with zero attached hydrogens (tertiary/aromatic N) is 6. The molecular weight excluding hydrogens is 298 g/mol. The molecule has 0 aliphatic carbocycles. The van der Waals surface area contributed by atoms with Crippen molar-refractivity contribution in [3.63, 3.8) is 0 Å². The number of quaternary nitrogens is 1. The summed E-state index contributed by atoms with van der Waals surface area (Å²) in [6.07, 6.45) is 0. The van der Waals surface area contributed by atoms with E-state index in [4.69, 9.17) is 71.0 Å². The maximum absolute atomic E-state index is 6.25. The first-order valence-corrected chi connectivity index (χ1v) is 1.34. The minimum Gasteiger partial charge on any atom is -0.512 e. The second kappa shape index (κ2) is 414. The Morgan fingerprint density at radius 1 is 0.438 bits per heavy atom. The van der Waals surface area contributed by atoms with Crippen molar-refractivity contribution in [3.8, 4) is 0 Å². The van der Waals surface area contributed by atoms with Gasteiger partial charge in [0.25, 0.3) is 0 Å². The van der Waals surface area contributed by atoms with Crippen LogP contribution in [0.3, 0.4) is 0 Å². The molecule has 0 spiro atoms. The normalized spacial score (nSPS) is 0.750. The molecule has 10 heteroatoms. The molecule has 87 valence electrons. The van der Waals surface area contributed by atoms with E-state index < -0.39 is 0 Å². The Hall–Kier alpha value is -2.10. The fourth-order valence-corrected chi connectivity index (χ4v) is 0. The van der Waals surface area contributed by atoms with Crippen molar-refractivity contribution >= 4 is 0 Å². The molecule has 0 bridgehead atoms. The minimum absolute atomic E-state index is 0. The predicted molar refractivity (Wildman–Crippen MR) is 39.4 cm³/mol. The molecule has 0 fully saturated rings. The first-order chi connectivity index (χ1) is 6.00. The first-order valence-electron chi connectivity index (χ1n) is 1.34. The second-order valence-electron chi connectivity index (χ2n) is 0. The van der Waals surface area contributed by atoms with Crippen molar-refractivity contribution in [3.05, 3.63) is 39.4 Å².